The van der Waals surface area contributed by atoms with Gasteiger partial charge < -0.3 is 14.7 Å². The minimum absolute atomic E-state index is 0.106. The molecule has 0 spiro atoms. The Balaban J connectivity index is 1.64. The number of aliphatic hydroxyl groups is 1. The topological polar surface area (TPSA) is 95.9 Å². The van der Waals surface area contributed by atoms with Crippen LogP contribution in [0.15, 0.2) is 29.3 Å². The van der Waals surface area contributed by atoms with Crippen LogP contribution < -0.4 is 0 Å². The van der Waals surface area contributed by atoms with Crippen LogP contribution in [0.3, 0.4) is 0 Å². The van der Waals surface area contributed by atoms with Crippen LogP contribution in [0, 0.1) is 13.8 Å². The van der Waals surface area contributed by atoms with E-state index in [9.17, 15) is 14.7 Å². The number of nitrogens with zero attached hydrogens (tertiary/aromatic N) is 4. The molecule has 1 amide bonds. The van der Waals surface area contributed by atoms with Gasteiger partial charge in [-0.25, -0.2) is 9.97 Å². The van der Waals surface area contributed by atoms with Crippen molar-refractivity contribution in [1.82, 2.24) is 19.8 Å². The van der Waals surface area contributed by atoms with Gasteiger partial charge in [0.2, 0.25) is 0 Å². The number of morpholine rings is 1. The third-order valence-electron chi connectivity index (χ3n) is 5.68. The summed E-state index contributed by atoms with van der Waals surface area (Å²) >= 11 is 1.46. The molecule has 2 aromatic rings. The second-order valence-electron chi connectivity index (χ2n) is 7.73. The van der Waals surface area contributed by atoms with Gasteiger partial charge in [-0.2, -0.15) is 0 Å². The van der Waals surface area contributed by atoms with E-state index in [0.717, 1.165) is 44.1 Å². The van der Waals surface area contributed by atoms with Gasteiger partial charge in [-0.3, -0.25) is 14.5 Å². The molecule has 0 unspecified atom stereocenters. The van der Waals surface area contributed by atoms with Gasteiger partial charge in [0.15, 0.2) is 0 Å². The normalized spacial score (nSPS) is 21.7. The zero-order valence-corrected chi connectivity index (χ0v) is 18.5. The van der Waals surface area contributed by atoms with Crippen molar-refractivity contribution in [2.75, 3.05) is 39.4 Å². The molecule has 2 fully saturated rings. The summed E-state index contributed by atoms with van der Waals surface area (Å²) in [6.07, 6.45) is 2.24. The zero-order valence-electron chi connectivity index (χ0n) is 17.7. The van der Waals surface area contributed by atoms with Crippen molar-refractivity contribution in [1.29, 1.82) is 0 Å². The molecule has 0 aliphatic carbocycles. The summed E-state index contributed by atoms with van der Waals surface area (Å²) < 4.78 is 5.38. The number of amides is 1. The molecule has 1 N–H and O–H groups in total. The number of aromatic nitrogens is 2. The van der Waals surface area contributed by atoms with Crippen molar-refractivity contribution in [3.05, 3.63) is 51.2 Å². The molecule has 9 heteroatoms. The number of Topliss-reactive ketones (excluding diaryl/α,β-unsaturated/α-hetero) is 1. The highest BCUT2D eigenvalue weighted by molar-refractivity contribution is 7.10. The van der Waals surface area contributed by atoms with Crippen LogP contribution in [-0.4, -0.2) is 76.0 Å². The van der Waals surface area contributed by atoms with E-state index in [1.165, 1.54) is 17.5 Å². The predicted octanol–water partition coefficient (Wildman–Crippen LogP) is 2.30. The molecule has 2 aromatic heterocycles. The predicted molar refractivity (Wildman–Crippen MR) is 117 cm³/mol. The van der Waals surface area contributed by atoms with Crippen molar-refractivity contribution in [2.45, 2.75) is 26.3 Å². The SMILES string of the molecule is Cc1ncc(/C(O)=C2\C(=O)C(=O)N(CCCN3CCOCC3)[C@H]2c2cccs2)c(C)n1. The highest BCUT2D eigenvalue weighted by atomic mass is 32.1. The summed E-state index contributed by atoms with van der Waals surface area (Å²) in [4.78, 5) is 39.1. The molecule has 4 heterocycles. The van der Waals surface area contributed by atoms with E-state index >= 15 is 0 Å². The van der Waals surface area contributed by atoms with Crippen LogP contribution in [0.25, 0.3) is 5.76 Å². The Kier molecular flexibility index (Phi) is 6.45. The average molecular weight is 443 g/mol. The first-order valence-corrected chi connectivity index (χ1v) is 11.3. The molecule has 1 atom stereocenters. The van der Waals surface area contributed by atoms with Gasteiger partial charge in [0.05, 0.1) is 36.1 Å². The molecule has 2 aliphatic heterocycles. The lowest BCUT2D eigenvalue weighted by atomic mass is 10.00. The molecule has 0 radical (unpaired) electrons. The Hall–Kier alpha value is -2.62. The molecular weight excluding hydrogens is 416 g/mol. The van der Waals surface area contributed by atoms with Crippen LogP contribution in [0.2, 0.25) is 0 Å². The quantitative estimate of drug-likeness (QED) is 0.417. The van der Waals surface area contributed by atoms with E-state index in [-0.39, 0.29) is 11.3 Å². The smallest absolute Gasteiger partial charge is 0.295 e. The first-order valence-electron chi connectivity index (χ1n) is 10.4. The maximum atomic E-state index is 13.0. The van der Waals surface area contributed by atoms with Gasteiger partial charge >= 0.3 is 0 Å². The summed E-state index contributed by atoms with van der Waals surface area (Å²) in [5, 5.41) is 13.0. The first-order chi connectivity index (χ1) is 15.0. The van der Waals surface area contributed by atoms with Gasteiger partial charge in [0.1, 0.15) is 11.6 Å². The van der Waals surface area contributed by atoms with Crippen molar-refractivity contribution in [3.8, 4) is 0 Å². The summed E-state index contributed by atoms with van der Waals surface area (Å²) in [6.45, 7) is 7.96. The number of hydrogen-bond donors (Lipinski definition) is 1. The lowest BCUT2D eigenvalue weighted by Crippen LogP contribution is -2.38. The molecule has 4 rings (SSSR count). The van der Waals surface area contributed by atoms with Gasteiger partial charge in [-0.05, 0) is 31.7 Å². The highest BCUT2D eigenvalue weighted by Crippen LogP contribution is 2.41. The molecule has 8 nitrogen and oxygen atoms in total. The number of ketones is 1. The second-order valence-corrected chi connectivity index (χ2v) is 8.71. The fourth-order valence-electron chi connectivity index (χ4n) is 4.10. The Morgan fingerprint density at radius 1 is 1.26 bits per heavy atom. The van der Waals surface area contributed by atoms with Gasteiger partial charge in [0.25, 0.3) is 11.7 Å². The van der Waals surface area contributed by atoms with E-state index < -0.39 is 17.7 Å². The number of carbonyl (C=O) groups excluding carboxylic acids is 2. The highest BCUT2D eigenvalue weighted by Gasteiger charge is 2.46. The fourth-order valence-corrected chi connectivity index (χ4v) is 4.95. The van der Waals surface area contributed by atoms with Gasteiger partial charge in [-0.15, -0.1) is 11.3 Å². The number of ether oxygens (including phenoxy) is 1. The van der Waals surface area contributed by atoms with Crippen molar-refractivity contribution in [2.24, 2.45) is 0 Å². The Labute approximate surface area is 185 Å². The lowest BCUT2D eigenvalue weighted by Gasteiger charge is -2.28. The third kappa shape index (κ3) is 4.39. The minimum atomic E-state index is -0.665. The summed E-state index contributed by atoms with van der Waals surface area (Å²) in [7, 11) is 0. The number of aryl methyl sites for hydroxylation is 2. The maximum absolute atomic E-state index is 13.0. The van der Waals surface area contributed by atoms with E-state index in [1.807, 2.05) is 17.5 Å². The largest absolute Gasteiger partial charge is 0.507 e. The van der Waals surface area contributed by atoms with E-state index in [1.54, 1.807) is 18.7 Å². The Morgan fingerprint density at radius 2 is 2.03 bits per heavy atom. The molecule has 0 bridgehead atoms. The van der Waals surface area contributed by atoms with Crippen LogP contribution in [0.4, 0.5) is 0 Å². The molecule has 31 heavy (non-hydrogen) atoms. The van der Waals surface area contributed by atoms with Crippen LogP contribution in [0.1, 0.15) is 34.4 Å². The fraction of sp³-hybridized carbons (Fsp3) is 0.455. The number of thiophene rings is 1. The number of carbonyl (C=O) groups is 2. The molecule has 0 aromatic carbocycles. The molecule has 0 saturated carbocycles. The van der Waals surface area contributed by atoms with Crippen LogP contribution >= 0.6 is 11.3 Å². The number of rotatable bonds is 6. The molecule has 2 aliphatic rings. The number of aliphatic hydroxyl groups excluding tert-OH is 1. The summed E-state index contributed by atoms with van der Waals surface area (Å²) in [6, 6.07) is 3.17. The lowest BCUT2D eigenvalue weighted by molar-refractivity contribution is -0.140. The number of likely N-dealkylation sites (tertiary alicyclic amines) is 1. The van der Waals surface area contributed by atoms with E-state index in [4.69, 9.17) is 4.74 Å². The molecule has 2 saturated heterocycles. The monoisotopic (exact) mass is 442 g/mol. The molecule has 164 valence electrons. The van der Waals surface area contributed by atoms with Crippen LogP contribution in [0.5, 0.6) is 0 Å². The first kappa shape index (κ1) is 21.6. The van der Waals surface area contributed by atoms with E-state index in [0.29, 0.717) is 23.6 Å². The van der Waals surface area contributed by atoms with Crippen molar-refractivity contribution in [3.63, 3.8) is 0 Å². The zero-order chi connectivity index (χ0) is 22.0. The third-order valence-corrected chi connectivity index (χ3v) is 6.61. The van der Waals surface area contributed by atoms with Crippen molar-refractivity contribution >= 4 is 28.8 Å². The van der Waals surface area contributed by atoms with Crippen LogP contribution in [-0.2, 0) is 14.3 Å². The van der Waals surface area contributed by atoms with Gasteiger partial charge in [-0.1, -0.05) is 6.07 Å². The summed E-state index contributed by atoms with van der Waals surface area (Å²) in [5.74, 6) is -0.882. The maximum Gasteiger partial charge on any atom is 0.295 e. The second kappa shape index (κ2) is 9.25. The Bertz CT molecular complexity index is 999. The Morgan fingerprint density at radius 3 is 2.71 bits per heavy atom. The van der Waals surface area contributed by atoms with Gasteiger partial charge in [0, 0.05) is 37.3 Å². The van der Waals surface area contributed by atoms with E-state index in [2.05, 4.69) is 14.9 Å². The standard InChI is InChI=1S/C22H26N4O4S/c1-14-16(13-23-15(2)24-14)20(27)18-19(17-5-3-12-31-17)26(22(29)21(18)28)7-4-6-25-8-10-30-11-9-25/h3,5,12-13,19,27H,4,6-11H2,1-2H3/b20-18+/t19-/m0/s1. The minimum Gasteiger partial charge on any atom is -0.507 e. The summed E-state index contributed by atoms with van der Waals surface area (Å²) in [5.41, 5.74) is 1.04. The number of hydrogen-bond acceptors (Lipinski definition) is 8. The molecular formula is C22H26N4O4S. The average Bonchev–Trinajstić information content (AvgIpc) is 3.37. The van der Waals surface area contributed by atoms with Crippen molar-refractivity contribution < 1.29 is 19.4 Å².